The number of ether oxygens (including phenoxy) is 2. The lowest BCUT2D eigenvalue weighted by molar-refractivity contribution is -0.144. The van der Waals surface area contributed by atoms with Gasteiger partial charge in [0.1, 0.15) is 23.7 Å². The number of β-amino-alcohol motifs (C(OH)–C–C–N with tert-alkyl or cyclic N) is 1. The molecule has 0 bridgehead atoms. The standard InChI is InChI=1S/C60H77N9O10S/c1-35-51(80-34-64-35)40-16-12-37(13-17-40)30-62-54(73)47-29-45(70)32-68(47)57(76)52(59(3,4)5)66-53(72)41-24-26-67(27-25-41)44-20-14-38(15-21-44)33-78-36(2)46(22-23-49(61)71)65-55(74)48-28-42-11-9-10-39-18-19-43(56(75)69(48)50(39)42)31-63-58(77)79-60(6,7)8/h9-17,20-21,31,34,36,41,43,45-48,52,70H,18-19,22-30,32-33H2,1-8H3,(H2,61,71)(H,62,73)(H,65,74)(H,66,72)/b63-31+/t36-,43?,45-,46+,47+,48+,52?/m1/s1. The number of aromatic nitrogens is 1. The smallest absolute Gasteiger partial charge is 0.433 e. The maximum absolute atomic E-state index is 14.3. The lowest BCUT2D eigenvalue weighted by Crippen LogP contribution is -2.58. The molecule has 1 aromatic heterocycles. The van der Waals surface area contributed by atoms with E-state index in [9.17, 15) is 38.7 Å². The van der Waals surface area contributed by atoms with Gasteiger partial charge in [-0.25, -0.2) is 9.78 Å². The number of piperidine rings is 1. The number of nitrogens with two attached hydrogens (primary N) is 1. The average molecular weight is 1120 g/mol. The van der Waals surface area contributed by atoms with E-state index in [1.165, 1.54) is 16.0 Å². The van der Waals surface area contributed by atoms with Gasteiger partial charge >= 0.3 is 6.09 Å². The Balaban J connectivity index is 0.829. The van der Waals surface area contributed by atoms with E-state index in [-0.39, 0.29) is 69.0 Å². The number of rotatable bonds is 18. The number of anilines is 2. The lowest BCUT2D eigenvalue weighted by atomic mass is 9.84. The fourth-order valence-corrected chi connectivity index (χ4v) is 11.8. The Hall–Kier alpha value is -7.03. The number of amides is 7. The van der Waals surface area contributed by atoms with Crippen LogP contribution >= 0.6 is 11.3 Å². The summed E-state index contributed by atoms with van der Waals surface area (Å²) in [7, 11) is 0. The summed E-state index contributed by atoms with van der Waals surface area (Å²) in [6.07, 6.45) is 1.71. The maximum atomic E-state index is 14.3. The van der Waals surface area contributed by atoms with Crippen LogP contribution in [0.25, 0.3) is 10.4 Å². The van der Waals surface area contributed by atoms with Crippen molar-refractivity contribution in [3.8, 4) is 10.4 Å². The van der Waals surface area contributed by atoms with Crippen molar-refractivity contribution < 1.29 is 48.1 Å². The highest BCUT2D eigenvalue weighted by Gasteiger charge is 2.46. The summed E-state index contributed by atoms with van der Waals surface area (Å²) in [4.78, 5) is 110. The number of likely N-dealkylation sites (tertiary alicyclic amines) is 1. The first-order chi connectivity index (χ1) is 37.9. The zero-order valence-corrected chi connectivity index (χ0v) is 48.0. The van der Waals surface area contributed by atoms with E-state index in [0.717, 1.165) is 44.1 Å². The van der Waals surface area contributed by atoms with Gasteiger partial charge in [-0.1, -0.05) is 75.4 Å². The SMILES string of the molecule is Cc1ncsc1-c1ccc(CNC(=O)[C@@H]2C[C@@H](O)CN2C(=O)C(NC(=O)C2CCN(c3ccc(CO[C@H](C)[C@H](CCC(N)=O)NC(=O)[C@@H]4Cc5cccc6c5N4C(=O)C(/C=N/C(=O)OC(C)(C)C)CC6)cc3)CC2)C(C)(C)C)cc1. The third-order valence-corrected chi connectivity index (χ3v) is 16.5. The first kappa shape index (κ1) is 59.1. The minimum Gasteiger partial charge on any atom is -0.442 e. The predicted molar refractivity (Wildman–Crippen MR) is 306 cm³/mol. The second-order valence-electron chi connectivity index (χ2n) is 23.7. The summed E-state index contributed by atoms with van der Waals surface area (Å²) in [5.74, 6) is -3.38. The number of carbonyl (C=O) groups is 7. The van der Waals surface area contributed by atoms with Crippen molar-refractivity contribution in [3.05, 3.63) is 100 Å². The number of nitrogens with zero attached hydrogens (tertiary/aromatic N) is 5. The lowest BCUT2D eigenvalue weighted by Gasteiger charge is -2.37. The second-order valence-corrected chi connectivity index (χ2v) is 24.6. The molecule has 5 heterocycles. The summed E-state index contributed by atoms with van der Waals surface area (Å²) in [5.41, 5.74) is 13.2. The Morgan fingerprint density at radius 1 is 0.887 bits per heavy atom. The third-order valence-electron chi connectivity index (χ3n) is 15.5. The van der Waals surface area contributed by atoms with E-state index in [1.807, 2.05) is 107 Å². The molecule has 0 spiro atoms. The third kappa shape index (κ3) is 14.5. The maximum Gasteiger partial charge on any atom is 0.433 e. The number of benzene rings is 3. The molecule has 2 unspecified atom stereocenters. The average Bonchev–Trinajstić information content (AvgIpc) is 4.15. The number of aliphatic imine (C=N–C) groups is 1. The molecule has 4 aromatic rings. The fraction of sp³-hybridized carbons (Fsp3) is 0.517. The Kier molecular flexibility index (Phi) is 18.6. The molecule has 7 amide bonds. The molecular weight excluding hydrogens is 1040 g/mol. The summed E-state index contributed by atoms with van der Waals surface area (Å²) in [6, 6.07) is 18.2. The van der Waals surface area contributed by atoms with Gasteiger partial charge in [-0.3, -0.25) is 33.7 Å². The number of primary amides is 1. The molecule has 6 N–H and O–H groups in total. The zero-order chi connectivity index (χ0) is 57.6. The highest BCUT2D eigenvalue weighted by molar-refractivity contribution is 7.13. The Morgan fingerprint density at radius 2 is 1.57 bits per heavy atom. The first-order valence-corrected chi connectivity index (χ1v) is 28.6. The van der Waals surface area contributed by atoms with Crippen LogP contribution < -0.4 is 31.5 Å². The number of hydrogen-bond donors (Lipinski definition) is 5. The number of para-hydroxylation sites is 1. The van der Waals surface area contributed by atoms with E-state index in [1.54, 1.807) is 32.1 Å². The number of thiazole rings is 1. The molecule has 8 rings (SSSR count). The van der Waals surface area contributed by atoms with E-state index in [0.29, 0.717) is 44.5 Å². The van der Waals surface area contributed by atoms with Crippen molar-refractivity contribution in [2.24, 2.45) is 28.0 Å². The van der Waals surface area contributed by atoms with Crippen LogP contribution in [-0.4, -0.2) is 124 Å². The predicted octanol–water partition coefficient (Wildman–Crippen LogP) is 6.33. The summed E-state index contributed by atoms with van der Waals surface area (Å²) >= 11 is 1.57. The van der Waals surface area contributed by atoms with Crippen molar-refractivity contribution in [2.75, 3.05) is 29.4 Å². The number of hydrogen-bond acceptors (Lipinski definition) is 13. The number of carbonyl (C=O) groups excluding carboxylic acids is 7. The van der Waals surface area contributed by atoms with E-state index >= 15 is 0 Å². The second kappa shape index (κ2) is 25.2. The van der Waals surface area contributed by atoms with Gasteiger partial charge in [-0.05, 0) is 112 Å². The van der Waals surface area contributed by atoms with E-state index in [4.69, 9.17) is 15.2 Å². The Labute approximate surface area is 472 Å². The summed E-state index contributed by atoms with van der Waals surface area (Å²) in [6.45, 7) is 16.3. The van der Waals surface area contributed by atoms with Crippen molar-refractivity contribution in [3.63, 3.8) is 0 Å². The zero-order valence-electron chi connectivity index (χ0n) is 47.2. The summed E-state index contributed by atoms with van der Waals surface area (Å²) < 4.78 is 11.7. The number of aryl methyl sites for hydroxylation is 2. The molecule has 2 saturated heterocycles. The molecule has 4 aliphatic heterocycles. The van der Waals surface area contributed by atoms with Crippen LogP contribution in [0.5, 0.6) is 0 Å². The molecule has 2 fully saturated rings. The Morgan fingerprint density at radius 3 is 2.23 bits per heavy atom. The van der Waals surface area contributed by atoms with Gasteiger partial charge in [-0.2, -0.15) is 4.99 Å². The number of aliphatic hydroxyl groups is 1. The van der Waals surface area contributed by atoms with Gasteiger partial charge < -0.3 is 46.1 Å². The molecule has 0 radical (unpaired) electrons. The van der Waals surface area contributed by atoms with Crippen LogP contribution in [0.1, 0.15) is 115 Å². The van der Waals surface area contributed by atoms with Crippen LogP contribution in [0.15, 0.2) is 77.2 Å². The van der Waals surface area contributed by atoms with Crippen LogP contribution in [0.2, 0.25) is 0 Å². The van der Waals surface area contributed by atoms with Crippen LogP contribution in [0, 0.1) is 24.2 Å². The minimum atomic E-state index is -0.935. The molecule has 0 saturated carbocycles. The van der Waals surface area contributed by atoms with Crippen molar-refractivity contribution in [1.29, 1.82) is 0 Å². The van der Waals surface area contributed by atoms with Gasteiger partial charge in [-0.15, -0.1) is 11.3 Å². The largest absolute Gasteiger partial charge is 0.442 e. The molecule has 19 nitrogen and oxygen atoms in total. The molecule has 428 valence electrons. The van der Waals surface area contributed by atoms with E-state index < -0.39 is 77.1 Å². The Bertz CT molecular complexity index is 2940. The van der Waals surface area contributed by atoms with Gasteiger partial charge in [0.2, 0.25) is 35.4 Å². The molecule has 7 atom stereocenters. The molecular formula is C60H77N9O10S. The highest BCUT2D eigenvalue weighted by Crippen LogP contribution is 2.40. The molecule has 4 aliphatic rings. The van der Waals surface area contributed by atoms with Crippen LogP contribution in [-0.2, 0) is 64.2 Å². The van der Waals surface area contributed by atoms with E-state index in [2.05, 4.69) is 30.8 Å². The molecule has 20 heteroatoms. The van der Waals surface area contributed by atoms with Crippen molar-refractivity contribution in [2.45, 2.75) is 162 Å². The summed E-state index contributed by atoms with van der Waals surface area (Å²) in [5, 5.41) is 19.8. The van der Waals surface area contributed by atoms with Gasteiger partial charge in [0, 0.05) is 63.3 Å². The topological polar surface area (TPSA) is 255 Å². The molecule has 80 heavy (non-hydrogen) atoms. The minimum absolute atomic E-state index is 0.00124. The van der Waals surface area contributed by atoms with Gasteiger partial charge in [0.25, 0.3) is 0 Å². The number of nitrogens with one attached hydrogen (secondary N) is 3. The monoisotopic (exact) mass is 1120 g/mol. The van der Waals surface area contributed by atoms with Crippen molar-refractivity contribution in [1.82, 2.24) is 25.8 Å². The first-order valence-electron chi connectivity index (χ1n) is 27.7. The number of aliphatic hydroxyl groups excluding tert-OH is 1. The normalized spacial score (nSPS) is 20.7. The van der Waals surface area contributed by atoms with Gasteiger partial charge in [0.05, 0.1) is 52.5 Å². The van der Waals surface area contributed by atoms with Crippen molar-refractivity contribution >= 4 is 70.5 Å². The fourth-order valence-electron chi connectivity index (χ4n) is 11.0. The molecule has 3 aromatic carbocycles. The van der Waals surface area contributed by atoms with Crippen LogP contribution in [0.4, 0.5) is 16.2 Å². The van der Waals surface area contributed by atoms with Gasteiger partial charge in [0.15, 0.2) is 0 Å². The van der Waals surface area contributed by atoms with Crippen LogP contribution in [0.3, 0.4) is 0 Å². The molecule has 0 aliphatic carbocycles. The highest BCUT2D eigenvalue weighted by atomic mass is 32.1. The quantitative estimate of drug-likeness (QED) is 0.0686.